The van der Waals surface area contributed by atoms with E-state index in [4.69, 9.17) is 0 Å². The Balaban J connectivity index is 1.27. The van der Waals surface area contributed by atoms with Gasteiger partial charge in [-0.3, -0.25) is 0 Å². The summed E-state index contributed by atoms with van der Waals surface area (Å²) >= 11 is 0. The molecule has 0 aliphatic heterocycles. The molecule has 0 amide bonds. The summed E-state index contributed by atoms with van der Waals surface area (Å²) < 4.78 is 2.45. The van der Waals surface area contributed by atoms with Crippen LogP contribution in [0.2, 0.25) is 0 Å². The second-order valence-electron chi connectivity index (χ2n) is 12.6. The lowest BCUT2D eigenvalue weighted by atomic mass is 9.66. The van der Waals surface area contributed by atoms with Crippen LogP contribution in [0.5, 0.6) is 0 Å². The molecule has 2 heteroatoms. The van der Waals surface area contributed by atoms with Crippen molar-refractivity contribution in [2.24, 2.45) is 5.92 Å². The Hall–Kier alpha value is -5.34. The molecule has 0 saturated carbocycles. The number of aryl methyl sites for hydroxylation is 2. The van der Waals surface area contributed by atoms with Crippen molar-refractivity contribution in [1.82, 2.24) is 4.57 Å². The monoisotopic (exact) mass is 580 g/mol. The van der Waals surface area contributed by atoms with Gasteiger partial charge in [0.25, 0.3) is 0 Å². The summed E-state index contributed by atoms with van der Waals surface area (Å²) in [5.74, 6) is 0.333. The molecule has 6 aromatic rings. The lowest BCUT2D eigenvalue weighted by Crippen LogP contribution is -2.31. The van der Waals surface area contributed by atoms with E-state index in [0.29, 0.717) is 5.92 Å². The molecule has 5 aromatic carbocycles. The van der Waals surface area contributed by atoms with Crippen LogP contribution in [0, 0.1) is 19.8 Å². The van der Waals surface area contributed by atoms with Crippen LogP contribution >= 0.6 is 0 Å². The lowest BCUT2D eigenvalue weighted by molar-refractivity contribution is 0.496. The zero-order valence-corrected chi connectivity index (χ0v) is 26.0. The lowest BCUT2D eigenvalue weighted by Gasteiger charge is -2.37. The third-order valence-electron chi connectivity index (χ3n) is 9.56. The summed E-state index contributed by atoms with van der Waals surface area (Å²) in [5, 5.41) is 1.32. The number of benzene rings is 5. The van der Waals surface area contributed by atoms with E-state index >= 15 is 0 Å². The summed E-state index contributed by atoms with van der Waals surface area (Å²) in [7, 11) is 0. The van der Waals surface area contributed by atoms with E-state index in [1.54, 1.807) is 0 Å². The minimum Gasteiger partial charge on any atom is -0.310 e. The van der Waals surface area contributed by atoms with Crippen molar-refractivity contribution in [3.63, 3.8) is 0 Å². The molecule has 8 rings (SSSR count). The van der Waals surface area contributed by atoms with Crippen LogP contribution in [-0.4, -0.2) is 4.57 Å². The Morgan fingerprint density at radius 3 is 2.11 bits per heavy atom. The Bertz CT molecular complexity index is 2140. The number of anilines is 3. The molecule has 2 aliphatic carbocycles. The molecule has 45 heavy (non-hydrogen) atoms. The van der Waals surface area contributed by atoms with E-state index in [0.717, 1.165) is 17.1 Å². The van der Waals surface area contributed by atoms with Crippen molar-refractivity contribution in [3.05, 3.63) is 174 Å². The fourth-order valence-electron chi connectivity index (χ4n) is 7.31. The molecule has 0 saturated heterocycles. The van der Waals surface area contributed by atoms with Gasteiger partial charge in [-0.05, 0) is 108 Å². The van der Waals surface area contributed by atoms with Crippen molar-refractivity contribution in [1.29, 1.82) is 0 Å². The highest BCUT2D eigenvalue weighted by Crippen LogP contribution is 2.49. The van der Waals surface area contributed by atoms with Crippen molar-refractivity contribution in [2.75, 3.05) is 4.90 Å². The minimum atomic E-state index is -0.112. The van der Waals surface area contributed by atoms with Crippen molar-refractivity contribution in [3.8, 4) is 16.8 Å². The third kappa shape index (κ3) is 4.57. The van der Waals surface area contributed by atoms with Gasteiger partial charge < -0.3 is 9.47 Å². The first-order valence-electron chi connectivity index (χ1n) is 15.8. The van der Waals surface area contributed by atoms with Gasteiger partial charge in [0.05, 0.1) is 11.2 Å². The highest BCUT2D eigenvalue weighted by molar-refractivity contribution is 5.96. The average Bonchev–Trinajstić information content (AvgIpc) is 3.40. The molecular weight excluding hydrogens is 544 g/mol. The minimum absolute atomic E-state index is 0.112. The predicted octanol–water partition coefficient (Wildman–Crippen LogP) is 11.4. The first-order chi connectivity index (χ1) is 22.0. The second-order valence-corrected chi connectivity index (χ2v) is 12.6. The summed E-state index contributed by atoms with van der Waals surface area (Å²) in [4.78, 5) is 2.33. The number of hydrogen-bond donors (Lipinski definition) is 0. The fraction of sp³-hybridized carbons (Fsp3) is 0.116. The Morgan fingerprint density at radius 1 is 0.622 bits per heavy atom. The number of allylic oxidation sites excluding steroid dienone is 5. The molecule has 0 spiro atoms. The predicted molar refractivity (Wildman–Crippen MR) is 191 cm³/mol. The molecule has 0 radical (unpaired) electrons. The Labute approximate surface area is 265 Å². The van der Waals surface area contributed by atoms with Crippen LogP contribution < -0.4 is 4.90 Å². The molecule has 1 aromatic heterocycles. The van der Waals surface area contributed by atoms with E-state index in [1.807, 2.05) is 0 Å². The second kappa shape index (κ2) is 10.7. The van der Waals surface area contributed by atoms with Crippen LogP contribution in [0.4, 0.5) is 17.1 Å². The van der Waals surface area contributed by atoms with Gasteiger partial charge in [-0.2, -0.15) is 0 Å². The summed E-state index contributed by atoms with van der Waals surface area (Å²) in [6, 6.07) is 44.2. The SMILES string of the molecule is Cc1cccc(N(c2ccccc2)c2ccc(-c3ccc4c(c3)c3c(n4-c4cccc(C)c4)C=CC4C=CC=CC34C)cc2)c1. The standard InChI is InChI=1S/C43H36N2/c1-30-11-9-16-37(27-30)44(35-14-5-4-6-15-35)36-22-18-32(19-23-36)33-20-24-40-39(29-33)42-41(45(40)38-17-10-12-31(2)28-38)25-21-34-13-7-8-26-43(34,42)3/h4-29,34H,1-3H3. The smallest absolute Gasteiger partial charge is 0.0538 e. The first-order valence-corrected chi connectivity index (χ1v) is 15.8. The van der Waals surface area contributed by atoms with E-state index in [9.17, 15) is 0 Å². The number of rotatable bonds is 5. The topological polar surface area (TPSA) is 8.17 Å². The van der Waals surface area contributed by atoms with E-state index < -0.39 is 0 Å². The Morgan fingerprint density at radius 2 is 1.33 bits per heavy atom. The van der Waals surface area contributed by atoms with E-state index in [-0.39, 0.29) is 5.41 Å². The normalized spacial score (nSPS) is 18.2. The zero-order chi connectivity index (χ0) is 30.5. The maximum absolute atomic E-state index is 2.45. The highest BCUT2D eigenvalue weighted by Gasteiger charge is 2.39. The number of aromatic nitrogens is 1. The fourth-order valence-corrected chi connectivity index (χ4v) is 7.31. The van der Waals surface area contributed by atoms with Gasteiger partial charge in [0, 0.05) is 39.5 Å². The average molecular weight is 581 g/mol. The molecule has 2 unspecified atom stereocenters. The molecular formula is C43H36N2. The third-order valence-corrected chi connectivity index (χ3v) is 9.56. The largest absolute Gasteiger partial charge is 0.310 e. The number of fused-ring (bicyclic) bond motifs is 5. The van der Waals surface area contributed by atoms with Crippen LogP contribution in [0.25, 0.3) is 33.8 Å². The van der Waals surface area contributed by atoms with Crippen molar-refractivity contribution in [2.45, 2.75) is 26.2 Å². The number of para-hydroxylation sites is 1. The summed E-state index contributed by atoms with van der Waals surface area (Å²) in [5.41, 5.74) is 13.4. The van der Waals surface area contributed by atoms with E-state index in [2.05, 4.69) is 188 Å². The number of nitrogens with zero attached hydrogens (tertiary/aromatic N) is 2. The van der Waals surface area contributed by atoms with Crippen molar-refractivity contribution >= 4 is 34.0 Å². The summed E-state index contributed by atoms with van der Waals surface area (Å²) in [6.45, 7) is 6.71. The Kier molecular flexibility index (Phi) is 6.46. The molecule has 2 aliphatic rings. The zero-order valence-electron chi connectivity index (χ0n) is 26.0. The maximum Gasteiger partial charge on any atom is 0.0538 e. The molecule has 218 valence electrons. The molecule has 2 nitrogen and oxygen atoms in total. The molecule has 0 N–H and O–H groups in total. The van der Waals surface area contributed by atoms with Gasteiger partial charge in [-0.1, -0.05) is 98.0 Å². The van der Waals surface area contributed by atoms with Gasteiger partial charge >= 0.3 is 0 Å². The molecule has 0 bridgehead atoms. The van der Waals surface area contributed by atoms with E-state index in [1.165, 1.54) is 50.1 Å². The quantitative estimate of drug-likeness (QED) is 0.197. The van der Waals surface area contributed by atoms with Crippen LogP contribution in [0.15, 0.2) is 152 Å². The summed E-state index contributed by atoms with van der Waals surface area (Å²) in [6.07, 6.45) is 13.8. The first kappa shape index (κ1) is 27.2. The highest BCUT2D eigenvalue weighted by atomic mass is 15.1. The van der Waals surface area contributed by atoms with Crippen LogP contribution in [0.3, 0.4) is 0 Å². The molecule has 1 heterocycles. The van der Waals surface area contributed by atoms with Crippen LogP contribution in [0.1, 0.15) is 29.3 Å². The van der Waals surface area contributed by atoms with Gasteiger partial charge in [0.1, 0.15) is 0 Å². The van der Waals surface area contributed by atoms with Gasteiger partial charge in [0.2, 0.25) is 0 Å². The van der Waals surface area contributed by atoms with Gasteiger partial charge in [-0.25, -0.2) is 0 Å². The molecule has 2 atom stereocenters. The van der Waals surface area contributed by atoms with Gasteiger partial charge in [-0.15, -0.1) is 0 Å². The molecule has 0 fully saturated rings. The van der Waals surface area contributed by atoms with Gasteiger partial charge in [0.15, 0.2) is 0 Å². The van der Waals surface area contributed by atoms with Crippen LogP contribution in [-0.2, 0) is 5.41 Å². The maximum atomic E-state index is 2.45. The number of hydrogen-bond acceptors (Lipinski definition) is 1. The van der Waals surface area contributed by atoms with Crippen molar-refractivity contribution < 1.29 is 0 Å².